The van der Waals surface area contributed by atoms with Crippen LogP contribution in [-0.4, -0.2) is 34.5 Å². The maximum atomic E-state index is 12.5. The van der Waals surface area contributed by atoms with Crippen LogP contribution in [0.25, 0.3) is 0 Å². The Kier molecular flexibility index (Phi) is 3.49. The minimum atomic E-state index is -1.07. The van der Waals surface area contributed by atoms with Crippen molar-refractivity contribution in [2.24, 2.45) is 11.3 Å². The average molecular weight is 348 g/mol. The lowest BCUT2D eigenvalue weighted by atomic mass is 9.54. The normalized spacial score (nSPS) is 45.4. The number of esters is 1. The standard InChI is InChI=1S/C20H28O5/c1-11-10-23-14-9-18(3)7-6-16(19(4,22)15(18)8-13(11)14)24-17(21)20(5)12(2)25-20/h10,12,15-16,22H,6-9H2,1-5H3/t12-,15+,16+,18+,19-,20-/m0/s1. The lowest BCUT2D eigenvalue weighted by Crippen LogP contribution is -2.60. The van der Waals surface area contributed by atoms with Gasteiger partial charge in [0.2, 0.25) is 0 Å². The highest BCUT2D eigenvalue weighted by Gasteiger charge is 2.61. The summed E-state index contributed by atoms with van der Waals surface area (Å²) in [5.41, 5.74) is 0.383. The topological polar surface area (TPSA) is 72.2 Å². The molecule has 4 rings (SSSR count). The van der Waals surface area contributed by atoms with Crippen LogP contribution in [0, 0.1) is 18.3 Å². The zero-order valence-corrected chi connectivity index (χ0v) is 15.7. The van der Waals surface area contributed by atoms with E-state index in [1.165, 1.54) is 5.56 Å². The van der Waals surface area contributed by atoms with E-state index in [2.05, 4.69) is 6.92 Å². The number of fused-ring (bicyclic) bond motifs is 2. The molecule has 0 aromatic carbocycles. The van der Waals surface area contributed by atoms with Crippen molar-refractivity contribution in [1.29, 1.82) is 0 Å². The van der Waals surface area contributed by atoms with Crippen molar-refractivity contribution in [2.45, 2.75) is 83.7 Å². The van der Waals surface area contributed by atoms with Crippen molar-refractivity contribution in [3.63, 3.8) is 0 Å². The number of carbonyl (C=O) groups is 1. The molecule has 2 heterocycles. The highest BCUT2D eigenvalue weighted by molar-refractivity contribution is 5.83. The Morgan fingerprint density at radius 3 is 2.68 bits per heavy atom. The van der Waals surface area contributed by atoms with Gasteiger partial charge in [0.25, 0.3) is 0 Å². The Morgan fingerprint density at radius 2 is 2.04 bits per heavy atom. The fraction of sp³-hybridized carbons (Fsp3) is 0.750. The van der Waals surface area contributed by atoms with Gasteiger partial charge in [0.1, 0.15) is 17.5 Å². The summed E-state index contributed by atoms with van der Waals surface area (Å²) in [7, 11) is 0. The molecule has 5 heteroatoms. The summed E-state index contributed by atoms with van der Waals surface area (Å²) < 4.78 is 16.9. The van der Waals surface area contributed by atoms with Gasteiger partial charge in [0.05, 0.1) is 12.4 Å². The van der Waals surface area contributed by atoms with E-state index in [4.69, 9.17) is 13.9 Å². The molecular weight excluding hydrogens is 320 g/mol. The lowest BCUT2D eigenvalue weighted by molar-refractivity contribution is -0.201. The van der Waals surface area contributed by atoms with E-state index in [1.807, 2.05) is 27.0 Å². The van der Waals surface area contributed by atoms with Crippen LogP contribution in [0.15, 0.2) is 10.7 Å². The van der Waals surface area contributed by atoms with Gasteiger partial charge in [-0.2, -0.15) is 0 Å². The van der Waals surface area contributed by atoms with Crippen LogP contribution in [0.1, 0.15) is 57.4 Å². The van der Waals surface area contributed by atoms with E-state index >= 15 is 0 Å². The molecule has 1 N–H and O–H groups in total. The van der Waals surface area contributed by atoms with Crippen molar-refractivity contribution in [3.05, 3.63) is 23.2 Å². The van der Waals surface area contributed by atoms with Gasteiger partial charge in [-0.05, 0) is 63.5 Å². The van der Waals surface area contributed by atoms with Crippen molar-refractivity contribution < 1.29 is 23.8 Å². The monoisotopic (exact) mass is 348 g/mol. The molecule has 6 atom stereocenters. The molecule has 3 aliphatic rings. The lowest BCUT2D eigenvalue weighted by Gasteiger charge is -2.54. The summed E-state index contributed by atoms with van der Waals surface area (Å²) in [4.78, 5) is 12.5. The first kappa shape index (κ1) is 17.1. The molecule has 138 valence electrons. The Balaban J connectivity index is 1.59. The van der Waals surface area contributed by atoms with Gasteiger partial charge in [-0.15, -0.1) is 0 Å². The highest BCUT2D eigenvalue weighted by atomic mass is 16.7. The van der Waals surface area contributed by atoms with Gasteiger partial charge in [0.15, 0.2) is 5.60 Å². The second-order valence-corrected chi connectivity index (χ2v) is 8.93. The van der Waals surface area contributed by atoms with Gasteiger partial charge in [-0.1, -0.05) is 6.92 Å². The Bertz CT molecular complexity index is 720. The zero-order valence-electron chi connectivity index (χ0n) is 15.7. The number of hydrogen-bond acceptors (Lipinski definition) is 5. The molecule has 25 heavy (non-hydrogen) atoms. The van der Waals surface area contributed by atoms with Crippen LogP contribution < -0.4 is 0 Å². The first-order valence-electron chi connectivity index (χ1n) is 9.25. The number of rotatable bonds is 2. The summed E-state index contributed by atoms with van der Waals surface area (Å²) in [5, 5.41) is 11.4. The summed E-state index contributed by atoms with van der Waals surface area (Å²) in [5.74, 6) is 0.723. The predicted octanol–water partition coefficient (Wildman–Crippen LogP) is 2.94. The number of aryl methyl sites for hydroxylation is 1. The summed E-state index contributed by atoms with van der Waals surface area (Å²) >= 11 is 0. The van der Waals surface area contributed by atoms with Gasteiger partial charge < -0.3 is 19.0 Å². The number of furan rings is 1. The molecule has 0 spiro atoms. The Morgan fingerprint density at radius 1 is 1.36 bits per heavy atom. The van der Waals surface area contributed by atoms with Crippen LogP contribution in [0.3, 0.4) is 0 Å². The maximum absolute atomic E-state index is 12.5. The maximum Gasteiger partial charge on any atom is 0.341 e. The van der Waals surface area contributed by atoms with Crippen LogP contribution >= 0.6 is 0 Å². The summed E-state index contributed by atoms with van der Waals surface area (Å²) in [6.45, 7) is 9.71. The Labute approximate surface area is 148 Å². The van der Waals surface area contributed by atoms with E-state index in [9.17, 15) is 9.90 Å². The molecule has 1 saturated carbocycles. The predicted molar refractivity (Wildman–Crippen MR) is 91.1 cm³/mol. The number of ether oxygens (including phenoxy) is 2. The quantitative estimate of drug-likeness (QED) is 0.657. The summed E-state index contributed by atoms with van der Waals surface area (Å²) in [6.07, 6.45) is 4.34. The van der Waals surface area contributed by atoms with E-state index in [0.29, 0.717) is 6.42 Å². The molecule has 5 nitrogen and oxygen atoms in total. The number of aliphatic hydroxyl groups is 1. The van der Waals surface area contributed by atoms with Crippen LogP contribution in [-0.2, 0) is 27.1 Å². The molecule has 0 radical (unpaired) electrons. The first-order valence-corrected chi connectivity index (χ1v) is 9.25. The van der Waals surface area contributed by atoms with E-state index < -0.39 is 17.3 Å². The van der Waals surface area contributed by atoms with E-state index in [1.54, 1.807) is 6.92 Å². The van der Waals surface area contributed by atoms with Crippen LogP contribution in [0.4, 0.5) is 0 Å². The average Bonchev–Trinajstić information content (AvgIpc) is 3.00. The molecule has 1 aromatic heterocycles. The minimum Gasteiger partial charge on any atom is -0.469 e. The Hall–Kier alpha value is -1.33. The highest BCUT2D eigenvalue weighted by Crippen LogP contribution is 2.54. The van der Waals surface area contributed by atoms with Crippen LogP contribution in [0.2, 0.25) is 0 Å². The van der Waals surface area contributed by atoms with Crippen LogP contribution in [0.5, 0.6) is 0 Å². The third kappa shape index (κ3) is 2.39. The van der Waals surface area contributed by atoms with E-state index in [0.717, 1.165) is 30.6 Å². The minimum absolute atomic E-state index is 0.0284. The molecule has 0 amide bonds. The molecule has 1 aromatic rings. The fourth-order valence-electron chi connectivity index (χ4n) is 5.01. The van der Waals surface area contributed by atoms with E-state index in [-0.39, 0.29) is 23.4 Å². The summed E-state index contributed by atoms with van der Waals surface area (Å²) in [6, 6.07) is 0. The molecule has 1 aliphatic heterocycles. The first-order chi connectivity index (χ1) is 11.6. The molecule has 2 aliphatic carbocycles. The van der Waals surface area contributed by atoms with Gasteiger partial charge in [-0.3, -0.25) is 0 Å². The largest absolute Gasteiger partial charge is 0.469 e. The number of epoxide rings is 1. The van der Waals surface area contributed by atoms with Gasteiger partial charge >= 0.3 is 5.97 Å². The molecule has 0 bridgehead atoms. The zero-order chi connectivity index (χ0) is 18.2. The second-order valence-electron chi connectivity index (χ2n) is 8.93. The fourth-order valence-corrected chi connectivity index (χ4v) is 5.01. The third-order valence-electron chi connectivity index (χ3n) is 7.13. The SMILES string of the molecule is Cc1coc2c1C[C@@H]1[C@](C)(CC[C@@H](OC(=O)[C@@]3(C)O[C@H]3C)[C@@]1(C)O)C2. The van der Waals surface area contributed by atoms with Crippen molar-refractivity contribution in [2.75, 3.05) is 0 Å². The number of hydrogen-bond donors (Lipinski definition) is 1. The van der Waals surface area contributed by atoms with Crippen molar-refractivity contribution in [3.8, 4) is 0 Å². The second kappa shape index (κ2) is 5.10. The molecule has 1 saturated heterocycles. The smallest absolute Gasteiger partial charge is 0.341 e. The van der Waals surface area contributed by atoms with Gasteiger partial charge in [0, 0.05) is 12.3 Å². The number of carbonyl (C=O) groups excluding carboxylic acids is 1. The molecule has 2 fully saturated rings. The van der Waals surface area contributed by atoms with Crippen molar-refractivity contribution >= 4 is 5.97 Å². The molecule has 0 unspecified atom stereocenters. The van der Waals surface area contributed by atoms with Crippen molar-refractivity contribution in [1.82, 2.24) is 0 Å². The molecular formula is C20H28O5. The third-order valence-corrected chi connectivity index (χ3v) is 7.13. The van der Waals surface area contributed by atoms with Gasteiger partial charge in [-0.25, -0.2) is 4.79 Å².